The second kappa shape index (κ2) is 5.35. The summed E-state index contributed by atoms with van der Waals surface area (Å²) in [6.07, 6.45) is 6.62. The summed E-state index contributed by atoms with van der Waals surface area (Å²) in [6, 6.07) is 0. The maximum atomic E-state index is 4.75. The molecule has 0 unspecified atom stereocenters. The van der Waals surface area contributed by atoms with Crippen LogP contribution in [0.3, 0.4) is 0 Å². The minimum atomic E-state index is 0.599. The lowest BCUT2D eigenvalue weighted by molar-refractivity contribution is 0.333. The van der Waals surface area contributed by atoms with E-state index in [0.717, 1.165) is 42.0 Å². The monoisotopic (exact) mass is 260 g/mol. The largest absolute Gasteiger partial charge is 0.370 e. The molecule has 0 bridgehead atoms. The topological polar surface area (TPSA) is 49.8 Å². The molecular formula is C15H24N4. The van der Waals surface area contributed by atoms with Crippen LogP contribution in [0.2, 0.25) is 0 Å². The molecule has 2 aliphatic rings. The molecule has 1 heterocycles. The lowest BCUT2D eigenvalue weighted by Gasteiger charge is -2.26. The first-order valence-corrected chi connectivity index (χ1v) is 7.64. The first-order valence-electron chi connectivity index (χ1n) is 7.64. The minimum absolute atomic E-state index is 0.599. The van der Waals surface area contributed by atoms with E-state index in [9.17, 15) is 0 Å². The van der Waals surface area contributed by atoms with Gasteiger partial charge >= 0.3 is 0 Å². The zero-order chi connectivity index (χ0) is 13.2. The fraction of sp³-hybridized carbons (Fsp3) is 0.733. The Labute approximate surface area is 115 Å². The van der Waals surface area contributed by atoms with Gasteiger partial charge in [0.2, 0.25) is 0 Å². The molecule has 19 heavy (non-hydrogen) atoms. The number of nitrogens with zero attached hydrogens (tertiary/aromatic N) is 2. The Morgan fingerprint density at radius 2 is 1.74 bits per heavy atom. The summed E-state index contributed by atoms with van der Waals surface area (Å²) in [4.78, 5) is 9.43. The fourth-order valence-corrected chi connectivity index (χ4v) is 2.51. The van der Waals surface area contributed by atoms with Crippen molar-refractivity contribution in [1.82, 2.24) is 9.97 Å². The molecule has 0 amide bonds. The van der Waals surface area contributed by atoms with Gasteiger partial charge in [-0.25, -0.2) is 9.97 Å². The number of nitrogens with one attached hydrogen (secondary N) is 2. The summed E-state index contributed by atoms with van der Waals surface area (Å²) in [6.45, 7) is 6.19. The molecular weight excluding hydrogens is 236 g/mol. The van der Waals surface area contributed by atoms with Gasteiger partial charge in [0, 0.05) is 24.6 Å². The van der Waals surface area contributed by atoms with Gasteiger partial charge in [-0.3, -0.25) is 0 Å². The Balaban J connectivity index is 1.78. The van der Waals surface area contributed by atoms with E-state index in [1.165, 1.54) is 32.1 Å². The van der Waals surface area contributed by atoms with E-state index in [0.29, 0.717) is 5.92 Å². The average Bonchev–Trinajstić information content (AvgIpc) is 3.16. The smallest absolute Gasteiger partial charge is 0.136 e. The van der Waals surface area contributed by atoms with Crippen molar-refractivity contribution in [3.63, 3.8) is 0 Å². The van der Waals surface area contributed by atoms with Crippen molar-refractivity contribution >= 4 is 11.6 Å². The maximum Gasteiger partial charge on any atom is 0.136 e. The van der Waals surface area contributed by atoms with Gasteiger partial charge in [-0.15, -0.1) is 0 Å². The van der Waals surface area contributed by atoms with Crippen LogP contribution in [0.15, 0.2) is 0 Å². The molecule has 104 valence electrons. The van der Waals surface area contributed by atoms with Crippen LogP contribution in [0.5, 0.6) is 0 Å². The Hall–Kier alpha value is -1.32. The van der Waals surface area contributed by atoms with Gasteiger partial charge in [0.25, 0.3) is 0 Å². The number of anilines is 2. The third-order valence-electron chi connectivity index (χ3n) is 4.23. The molecule has 4 nitrogen and oxygen atoms in total. The summed E-state index contributed by atoms with van der Waals surface area (Å²) in [5.41, 5.74) is 1.16. The lowest BCUT2D eigenvalue weighted by Crippen LogP contribution is -2.22. The molecule has 2 saturated carbocycles. The number of aromatic nitrogens is 2. The first kappa shape index (κ1) is 12.7. The van der Waals surface area contributed by atoms with E-state index in [-0.39, 0.29) is 0 Å². The number of hydrogen-bond donors (Lipinski definition) is 2. The number of hydrogen-bond acceptors (Lipinski definition) is 4. The van der Waals surface area contributed by atoms with Crippen LogP contribution in [-0.2, 0) is 0 Å². The van der Waals surface area contributed by atoms with Crippen molar-refractivity contribution in [2.75, 3.05) is 23.7 Å². The van der Waals surface area contributed by atoms with E-state index in [1.54, 1.807) is 0 Å². The highest BCUT2D eigenvalue weighted by Gasteiger charge is 2.28. The standard InChI is InChI=1S/C15H24N4/c1-3-16-13-10(2)14(17-9-11-5-4-6-11)19-15(18-13)12-7-8-12/h11-12H,3-9H2,1-2H3,(H2,16,17,18,19). The summed E-state index contributed by atoms with van der Waals surface area (Å²) >= 11 is 0. The summed E-state index contributed by atoms with van der Waals surface area (Å²) < 4.78 is 0. The van der Waals surface area contributed by atoms with Gasteiger partial charge in [0.15, 0.2) is 0 Å². The highest BCUT2D eigenvalue weighted by molar-refractivity contribution is 5.57. The molecule has 0 atom stereocenters. The van der Waals surface area contributed by atoms with Crippen LogP contribution in [0.4, 0.5) is 11.6 Å². The van der Waals surface area contributed by atoms with Crippen molar-refractivity contribution in [3.05, 3.63) is 11.4 Å². The molecule has 0 aromatic carbocycles. The molecule has 0 radical (unpaired) electrons. The zero-order valence-electron chi connectivity index (χ0n) is 12.0. The fourth-order valence-electron chi connectivity index (χ4n) is 2.51. The van der Waals surface area contributed by atoms with Gasteiger partial charge in [0.1, 0.15) is 17.5 Å². The second-order valence-electron chi connectivity index (χ2n) is 5.89. The van der Waals surface area contributed by atoms with E-state index in [4.69, 9.17) is 4.98 Å². The lowest BCUT2D eigenvalue weighted by atomic mass is 9.85. The van der Waals surface area contributed by atoms with E-state index >= 15 is 0 Å². The molecule has 0 saturated heterocycles. The molecule has 4 heteroatoms. The molecule has 0 spiro atoms. The SMILES string of the molecule is CCNc1nc(C2CC2)nc(NCC2CCC2)c1C. The van der Waals surface area contributed by atoms with Crippen molar-refractivity contribution in [2.45, 2.75) is 51.9 Å². The van der Waals surface area contributed by atoms with Gasteiger partial charge < -0.3 is 10.6 Å². The molecule has 2 aliphatic carbocycles. The Morgan fingerprint density at radius 1 is 1.05 bits per heavy atom. The average molecular weight is 260 g/mol. The van der Waals surface area contributed by atoms with Crippen LogP contribution in [0, 0.1) is 12.8 Å². The van der Waals surface area contributed by atoms with Crippen molar-refractivity contribution in [2.24, 2.45) is 5.92 Å². The van der Waals surface area contributed by atoms with Crippen LogP contribution in [0.1, 0.15) is 56.3 Å². The van der Waals surface area contributed by atoms with Gasteiger partial charge in [0.05, 0.1) is 0 Å². The van der Waals surface area contributed by atoms with Gasteiger partial charge in [-0.1, -0.05) is 6.42 Å². The predicted molar refractivity (Wildman–Crippen MR) is 78.7 cm³/mol. The summed E-state index contributed by atoms with van der Waals surface area (Å²) in [7, 11) is 0. The van der Waals surface area contributed by atoms with Crippen LogP contribution < -0.4 is 10.6 Å². The third-order valence-corrected chi connectivity index (χ3v) is 4.23. The van der Waals surface area contributed by atoms with Crippen LogP contribution in [0.25, 0.3) is 0 Å². The maximum absolute atomic E-state index is 4.75. The second-order valence-corrected chi connectivity index (χ2v) is 5.89. The van der Waals surface area contributed by atoms with Gasteiger partial charge in [-0.2, -0.15) is 0 Å². The Bertz CT molecular complexity index is 450. The third kappa shape index (κ3) is 2.82. The van der Waals surface area contributed by atoms with Crippen molar-refractivity contribution in [3.8, 4) is 0 Å². The molecule has 1 aromatic rings. The quantitative estimate of drug-likeness (QED) is 0.824. The highest BCUT2D eigenvalue weighted by atomic mass is 15.1. The highest BCUT2D eigenvalue weighted by Crippen LogP contribution is 2.39. The van der Waals surface area contributed by atoms with Crippen LogP contribution in [-0.4, -0.2) is 23.1 Å². The van der Waals surface area contributed by atoms with E-state index < -0.39 is 0 Å². The van der Waals surface area contributed by atoms with E-state index in [1.807, 2.05) is 0 Å². The Morgan fingerprint density at radius 3 is 2.26 bits per heavy atom. The van der Waals surface area contributed by atoms with Gasteiger partial charge in [-0.05, 0) is 45.4 Å². The molecule has 2 N–H and O–H groups in total. The zero-order valence-corrected chi connectivity index (χ0v) is 12.0. The first-order chi connectivity index (χ1) is 9.28. The van der Waals surface area contributed by atoms with Crippen LogP contribution >= 0.6 is 0 Å². The summed E-state index contributed by atoms with van der Waals surface area (Å²) in [5.74, 6) is 4.52. The minimum Gasteiger partial charge on any atom is -0.370 e. The molecule has 0 aliphatic heterocycles. The normalized spacial score (nSPS) is 19.1. The Kier molecular flexibility index (Phi) is 3.58. The molecule has 3 rings (SSSR count). The number of rotatable bonds is 6. The molecule has 1 aromatic heterocycles. The van der Waals surface area contributed by atoms with E-state index in [2.05, 4.69) is 29.5 Å². The molecule has 2 fully saturated rings. The van der Waals surface area contributed by atoms with Crippen molar-refractivity contribution in [1.29, 1.82) is 0 Å². The van der Waals surface area contributed by atoms with Crippen molar-refractivity contribution < 1.29 is 0 Å². The summed E-state index contributed by atoms with van der Waals surface area (Å²) in [5, 5.41) is 6.91. The predicted octanol–water partition coefficient (Wildman–Crippen LogP) is 3.31.